The van der Waals surface area contributed by atoms with Crippen LogP contribution in [0.2, 0.25) is 0 Å². The average molecular weight is 400 g/mol. The van der Waals surface area contributed by atoms with Crippen molar-refractivity contribution in [1.82, 2.24) is 9.97 Å². The molecule has 150 valence electrons. The summed E-state index contributed by atoms with van der Waals surface area (Å²) in [6.07, 6.45) is -2.94. The van der Waals surface area contributed by atoms with Gasteiger partial charge in [0.15, 0.2) is 0 Å². The molecule has 0 aliphatic carbocycles. The molecule has 2 aromatic heterocycles. The van der Waals surface area contributed by atoms with Gasteiger partial charge in [0, 0.05) is 37.9 Å². The van der Waals surface area contributed by atoms with Crippen LogP contribution in [0.3, 0.4) is 0 Å². The van der Waals surface area contributed by atoms with Crippen LogP contribution in [0.5, 0.6) is 5.75 Å². The maximum absolute atomic E-state index is 12.5. The second-order valence-corrected chi connectivity index (χ2v) is 6.62. The fourth-order valence-electron chi connectivity index (χ4n) is 3.32. The predicted octanol–water partition coefficient (Wildman–Crippen LogP) is 4.37. The third-order valence-corrected chi connectivity index (χ3v) is 4.67. The van der Waals surface area contributed by atoms with E-state index >= 15 is 0 Å². The summed E-state index contributed by atoms with van der Waals surface area (Å²) in [4.78, 5) is 13.4. The van der Waals surface area contributed by atoms with Gasteiger partial charge in [-0.15, -0.1) is 13.2 Å². The van der Waals surface area contributed by atoms with Crippen LogP contribution in [0.25, 0.3) is 11.3 Å². The third-order valence-electron chi connectivity index (χ3n) is 4.67. The second-order valence-electron chi connectivity index (χ2n) is 6.62. The minimum atomic E-state index is -4.72. The number of hydrogen-bond acceptors (Lipinski definition) is 5. The van der Waals surface area contributed by atoms with Gasteiger partial charge in [-0.1, -0.05) is 24.3 Å². The number of piperazine rings is 1. The van der Waals surface area contributed by atoms with E-state index in [2.05, 4.69) is 24.5 Å². The lowest BCUT2D eigenvalue weighted by atomic mass is 10.1. The molecule has 0 radical (unpaired) electrons. The Morgan fingerprint density at radius 2 is 1.48 bits per heavy atom. The zero-order valence-corrected chi connectivity index (χ0v) is 15.5. The maximum Gasteiger partial charge on any atom is 0.573 e. The summed E-state index contributed by atoms with van der Waals surface area (Å²) in [7, 11) is 0. The number of halogens is 3. The van der Waals surface area contributed by atoms with Gasteiger partial charge in [0.05, 0.1) is 5.69 Å². The van der Waals surface area contributed by atoms with Gasteiger partial charge >= 0.3 is 6.36 Å². The number of nitrogens with zero attached hydrogens (tertiary/aromatic N) is 4. The third kappa shape index (κ3) is 4.77. The molecule has 29 heavy (non-hydrogen) atoms. The number of anilines is 2. The van der Waals surface area contributed by atoms with Crippen LogP contribution < -0.4 is 14.5 Å². The Hall–Kier alpha value is -3.29. The fourth-order valence-corrected chi connectivity index (χ4v) is 3.32. The lowest BCUT2D eigenvalue weighted by Crippen LogP contribution is -2.47. The van der Waals surface area contributed by atoms with Crippen LogP contribution in [0.1, 0.15) is 0 Å². The molecule has 3 heterocycles. The monoisotopic (exact) mass is 400 g/mol. The topological polar surface area (TPSA) is 41.5 Å². The normalized spacial score (nSPS) is 14.7. The Labute approximate surface area is 166 Å². The molecule has 1 saturated heterocycles. The van der Waals surface area contributed by atoms with E-state index in [0.29, 0.717) is 11.3 Å². The van der Waals surface area contributed by atoms with Crippen LogP contribution in [0.15, 0.2) is 66.9 Å². The lowest BCUT2D eigenvalue weighted by Gasteiger charge is -2.36. The molecule has 8 heteroatoms. The van der Waals surface area contributed by atoms with E-state index in [1.54, 1.807) is 18.3 Å². The molecule has 0 saturated carbocycles. The van der Waals surface area contributed by atoms with Crippen molar-refractivity contribution in [3.63, 3.8) is 0 Å². The number of rotatable bonds is 4. The molecular weight excluding hydrogens is 381 g/mol. The molecule has 4 rings (SSSR count). The van der Waals surface area contributed by atoms with E-state index in [-0.39, 0.29) is 5.75 Å². The van der Waals surface area contributed by atoms with E-state index < -0.39 is 6.36 Å². The number of alkyl halides is 3. The number of hydrogen-bond donors (Lipinski definition) is 0. The van der Waals surface area contributed by atoms with Crippen molar-refractivity contribution in [2.24, 2.45) is 0 Å². The van der Waals surface area contributed by atoms with Gasteiger partial charge in [0.25, 0.3) is 0 Å². The van der Waals surface area contributed by atoms with Crippen molar-refractivity contribution < 1.29 is 17.9 Å². The quantitative estimate of drug-likeness (QED) is 0.651. The molecule has 5 nitrogen and oxygen atoms in total. The van der Waals surface area contributed by atoms with Gasteiger partial charge in [0.2, 0.25) is 0 Å². The smallest absolute Gasteiger partial charge is 0.406 e. The summed E-state index contributed by atoms with van der Waals surface area (Å²) in [6.45, 7) is 3.20. The number of pyridine rings is 2. The molecule has 3 aromatic rings. The Bertz CT molecular complexity index is 957. The Morgan fingerprint density at radius 1 is 0.793 bits per heavy atom. The summed E-state index contributed by atoms with van der Waals surface area (Å²) in [5.74, 6) is 1.49. The van der Waals surface area contributed by atoms with E-state index in [0.717, 1.165) is 37.8 Å². The second kappa shape index (κ2) is 7.98. The zero-order valence-electron chi connectivity index (χ0n) is 15.5. The first-order valence-electron chi connectivity index (χ1n) is 9.22. The van der Waals surface area contributed by atoms with Gasteiger partial charge in [-0.05, 0) is 36.4 Å². The average Bonchev–Trinajstić information content (AvgIpc) is 2.74. The summed E-state index contributed by atoms with van der Waals surface area (Å²) in [6, 6.07) is 17.3. The van der Waals surface area contributed by atoms with Crippen molar-refractivity contribution in [3.05, 3.63) is 66.9 Å². The molecular formula is C21H19F3N4O. The Morgan fingerprint density at radius 3 is 2.17 bits per heavy atom. The molecule has 0 amide bonds. The first kappa shape index (κ1) is 19.0. The molecule has 0 atom stereocenters. The highest BCUT2D eigenvalue weighted by molar-refractivity contribution is 5.63. The van der Waals surface area contributed by atoms with Crippen LogP contribution in [-0.4, -0.2) is 42.5 Å². The van der Waals surface area contributed by atoms with E-state index in [1.165, 1.54) is 18.2 Å². The first-order valence-corrected chi connectivity index (χ1v) is 9.22. The highest BCUT2D eigenvalue weighted by atomic mass is 19.4. The Kier molecular flexibility index (Phi) is 5.24. The van der Waals surface area contributed by atoms with Gasteiger partial charge in [-0.25, -0.2) is 9.97 Å². The number of benzene rings is 1. The summed E-state index contributed by atoms with van der Waals surface area (Å²) >= 11 is 0. The minimum absolute atomic E-state index is 0.258. The summed E-state index contributed by atoms with van der Waals surface area (Å²) in [5, 5.41) is 0. The summed E-state index contributed by atoms with van der Waals surface area (Å²) in [5.41, 5.74) is 1.17. The number of ether oxygens (including phenoxy) is 1. The highest BCUT2D eigenvalue weighted by Gasteiger charge is 2.31. The molecule has 1 aliphatic heterocycles. The van der Waals surface area contributed by atoms with Crippen molar-refractivity contribution in [1.29, 1.82) is 0 Å². The Balaban J connectivity index is 1.48. The van der Waals surface area contributed by atoms with Crippen molar-refractivity contribution in [3.8, 4) is 17.0 Å². The van der Waals surface area contributed by atoms with Crippen LogP contribution in [-0.2, 0) is 0 Å². The highest BCUT2D eigenvalue weighted by Crippen LogP contribution is 2.28. The van der Waals surface area contributed by atoms with Gasteiger partial charge in [-0.2, -0.15) is 0 Å². The SMILES string of the molecule is FC(F)(F)Oc1cccc(-c2cccc(N3CCN(c4ccccn4)CC3)n2)c1. The zero-order chi connectivity index (χ0) is 20.3. The molecule has 0 unspecified atom stereocenters. The van der Waals surface area contributed by atoms with Crippen LogP contribution in [0.4, 0.5) is 24.8 Å². The minimum Gasteiger partial charge on any atom is -0.406 e. The molecule has 1 aliphatic rings. The van der Waals surface area contributed by atoms with Crippen molar-refractivity contribution >= 4 is 11.6 Å². The van der Waals surface area contributed by atoms with Crippen molar-refractivity contribution in [2.75, 3.05) is 36.0 Å². The van der Waals surface area contributed by atoms with Gasteiger partial charge in [-0.3, -0.25) is 0 Å². The maximum atomic E-state index is 12.5. The molecule has 1 fully saturated rings. The fraction of sp³-hybridized carbons (Fsp3) is 0.238. The molecule has 0 N–H and O–H groups in total. The molecule has 0 bridgehead atoms. The molecule has 0 spiro atoms. The largest absolute Gasteiger partial charge is 0.573 e. The number of aromatic nitrogens is 2. The van der Waals surface area contributed by atoms with Crippen molar-refractivity contribution in [2.45, 2.75) is 6.36 Å². The van der Waals surface area contributed by atoms with Crippen LogP contribution >= 0.6 is 0 Å². The lowest BCUT2D eigenvalue weighted by molar-refractivity contribution is -0.274. The van der Waals surface area contributed by atoms with E-state index in [1.807, 2.05) is 30.3 Å². The first-order chi connectivity index (χ1) is 14.0. The predicted molar refractivity (Wildman–Crippen MR) is 105 cm³/mol. The van der Waals surface area contributed by atoms with Crippen LogP contribution in [0, 0.1) is 0 Å². The molecule has 1 aromatic carbocycles. The summed E-state index contributed by atoms with van der Waals surface area (Å²) < 4.78 is 41.5. The van der Waals surface area contributed by atoms with Gasteiger partial charge in [0.1, 0.15) is 17.4 Å². The van der Waals surface area contributed by atoms with E-state index in [9.17, 15) is 13.2 Å². The standard InChI is InChI=1S/C21H19F3N4O/c22-21(23,24)29-17-6-3-5-16(15-17)18-7-4-9-20(26-18)28-13-11-27(12-14-28)19-8-1-2-10-25-19/h1-10,15H,11-14H2. The van der Waals surface area contributed by atoms with Gasteiger partial charge < -0.3 is 14.5 Å². The van der Waals surface area contributed by atoms with E-state index in [4.69, 9.17) is 0 Å².